The summed E-state index contributed by atoms with van der Waals surface area (Å²) in [4.78, 5) is 14.5. The average Bonchev–Trinajstić information content (AvgIpc) is 2.45. The Kier molecular flexibility index (Phi) is 5.02. The SMILES string of the molecule is O=C([O-])c1cc(S(=O)(=O)NCc2ccccn2)c(Cl)cc1Cl. The molecule has 0 aliphatic carbocycles. The van der Waals surface area contributed by atoms with E-state index in [0.717, 1.165) is 12.1 Å². The van der Waals surface area contributed by atoms with E-state index in [4.69, 9.17) is 23.2 Å². The van der Waals surface area contributed by atoms with Crippen LogP contribution in [0.15, 0.2) is 41.4 Å². The number of carbonyl (C=O) groups is 1. The van der Waals surface area contributed by atoms with Crippen LogP contribution in [0.4, 0.5) is 0 Å². The zero-order chi connectivity index (χ0) is 16.3. The second-order valence-corrected chi connectivity index (χ2v) is 6.75. The topological polar surface area (TPSA) is 99.2 Å². The maximum Gasteiger partial charge on any atom is 0.242 e. The number of aromatic carboxylic acids is 1. The molecule has 0 bridgehead atoms. The number of carbonyl (C=O) groups excluding carboxylic acids is 1. The molecule has 0 spiro atoms. The summed E-state index contributed by atoms with van der Waals surface area (Å²) in [6.45, 7) is -0.0667. The Labute approximate surface area is 136 Å². The van der Waals surface area contributed by atoms with E-state index in [1.165, 1.54) is 6.20 Å². The van der Waals surface area contributed by atoms with E-state index in [1.54, 1.807) is 18.2 Å². The fraction of sp³-hybridized carbons (Fsp3) is 0.0769. The van der Waals surface area contributed by atoms with Crippen molar-refractivity contribution in [2.45, 2.75) is 11.4 Å². The van der Waals surface area contributed by atoms with Crippen molar-refractivity contribution in [3.63, 3.8) is 0 Å². The zero-order valence-electron chi connectivity index (χ0n) is 10.9. The molecule has 2 aromatic rings. The quantitative estimate of drug-likeness (QED) is 0.865. The van der Waals surface area contributed by atoms with Crippen LogP contribution in [0.3, 0.4) is 0 Å². The second-order valence-electron chi connectivity index (χ2n) is 4.20. The van der Waals surface area contributed by atoms with Gasteiger partial charge in [0.25, 0.3) is 0 Å². The van der Waals surface area contributed by atoms with Gasteiger partial charge in [0, 0.05) is 11.8 Å². The molecule has 0 aliphatic rings. The van der Waals surface area contributed by atoms with Crippen molar-refractivity contribution in [3.8, 4) is 0 Å². The largest absolute Gasteiger partial charge is 0.545 e. The molecule has 0 saturated carbocycles. The zero-order valence-corrected chi connectivity index (χ0v) is 13.2. The highest BCUT2D eigenvalue weighted by Crippen LogP contribution is 2.28. The normalized spacial score (nSPS) is 11.4. The van der Waals surface area contributed by atoms with Crippen molar-refractivity contribution in [1.82, 2.24) is 9.71 Å². The van der Waals surface area contributed by atoms with Crippen molar-refractivity contribution in [3.05, 3.63) is 57.8 Å². The van der Waals surface area contributed by atoms with Gasteiger partial charge >= 0.3 is 0 Å². The summed E-state index contributed by atoms with van der Waals surface area (Å²) in [5, 5.41) is 10.5. The van der Waals surface area contributed by atoms with Gasteiger partial charge in [-0.2, -0.15) is 0 Å². The lowest BCUT2D eigenvalue weighted by atomic mass is 10.2. The van der Waals surface area contributed by atoms with Crippen LogP contribution in [0.25, 0.3) is 0 Å². The highest BCUT2D eigenvalue weighted by atomic mass is 35.5. The van der Waals surface area contributed by atoms with Gasteiger partial charge < -0.3 is 9.90 Å². The molecule has 22 heavy (non-hydrogen) atoms. The molecule has 0 aliphatic heterocycles. The summed E-state index contributed by atoms with van der Waals surface area (Å²) in [6.07, 6.45) is 1.52. The molecule has 1 N–H and O–H groups in total. The molecule has 0 radical (unpaired) electrons. The van der Waals surface area contributed by atoms with Gasteiger partial charge in [0.05, 0.1) is 28.3 Å². The third-order valence-electron chi connectivity index (χ3n) is 2.70. The van der Waals surface area contributed by atoms with Gasteiger partial charge in [-0.25, -0.2) is 13.1 Å². The van der Waals surface area contributed by atoms with Crippen LogP contribution < -0.4 is 9.83 Å². The minimum atomic E-state index is -4.03. The summed E-state index contributed by atoms with van der Waals surface area (Å²) in [5.41, 5.74) is 0.0422. The number of nitrogens with zero attached hydrogens (tertiary/aromatic N) is 1. The molecule has 0 amide bonds. The number of hydrogen-bond acceptors (Lipinski definition) is 5. The Balaban J connectivity index is 2.33. The predicted molar refractivity (Wildman–Crippen MR) is 79.1 cm³/mol. The molecular formula is C13H9Cl2N2O4S-. The van der Waals surface area contributed by atoms with Crippen molar-refractivity contribution < 1.29 is 18.3 Å². The smallest absolute Gasteiger partial charge is 0.242 e. The summed E-state index contributed by atoms with van der Waals surface area (Å²) in [7, 11) is -4.03. The fourth-order valence-electron chi connectivity index (χ4n) is 1.64. The standard InChI is InChI=1S/C13H10Cl2N2O4S/c14-10-6-11(15)12(5-9(10)13(18)19)22(20,21)17-7-8-3-1-2-4-16-8/h1-6,17H,7H2,(H,18,19)/p-1. The van der Waals surface area contributed by atoms with Gasteiger partial charge in [0.2, 0.25) is 10.0 Å². The van der Waals surface area contributed by atoms with E-state index in [0.29, 0.717) is 5.69 Å². The average molecular weight is 360 g/mol. The number of nitrogens with one attached hydrogen (secondary N) is 1. The van der Waals surface area contributed by atoms with Gasteiger partial charge in [-0.1, -0.05) is 29.3 Å². The van der Waals surface area contributed by atoms with Crippen LogP contribution in [0, 0.1) is 0 Å². The third-order valence-corrected chi connectivity index (χ3v) is 4.88. The van der Waals surface area contributed by atoms with Gasteiger partial charge in [-0.15, -0.1) is 0 Å². The number of sulfonamides is 1. The maximum absolute atomic E-state index is 12.2. The van der Waals surface area contributed by atoms with Gasteiger partial charge in [-0.3, -0.25) is 4.98 Å². The molecule has 0 unspecified atom stereocenters. The summed E-state index contributed by atoms with van der Waals surface area (Å²) >= 11 is 11.5. The molecule has 1 heterocycles. The number of pyridine rings is 1. The third kappa shape index (κ3) is 3.75. The number of benzene rings is 1. The van der Waals surface area contributed by atoms with Crippen molar-refractivity contribution in [2.75, 3.05) is 0 Å². The first kappa shape index (κ1) is 16.7. The highest BCUT2D eigenvalue weighted by molar-refractivity contribution is 7.89. The van der Waals surface area contributed by atoms with E-state index in [9.17, 15) is 18.3 Å². The number of carboxylic acids is 1. The Morgan fingerprint density at radius 3 is 2.55 bits per heavy atom. The minimum absolute atomic E-state index is 0.0667. The van der Waals surface area contributed by atoms with Crippen LogP contribution in [0.2, 0.25) is 10.0 Å². The van der Waals surface area contributed by atoms with Crippen molar-refractivity contribution >= 4 is 39.2 Å². The molecule has 1 aromatic carbocycles. The van der Waals surface area contributed by atoms with Gasteiger partial charge in [0.1, 0.15) is 4.90 Å². The Morgan fingerprint density at radius 2 is 1.95 bits per heavy atom. The Bertz CT molecular complexity index is 810. The first-order valence-corrected chi connectivity index (χ1v) is 8.15. The van der Waals surface area contributed by atoms with E-state index in [-0.39, 0.29) is 16.6 Å². The molecule has 2 rings (SSSR count). The number of rotatable bonds is 5. The molecule has 6 nitrogen and oxygen atoms in total. The predicted octanol–water partition coefficient (Wildman–Crippen LogP) is 1.23. The van der Waals surface area contributed by atoms with E-state index in [2.05, 4.69) is 9.71 Å². The number of halogens is 2. The van der Waals surface area contributed by atoms with E-state index >= 15 is 0 Å². The molecule has 116 valence electrons. The fourth-order valence-corrected chi connectivity index (χ4v) is 3.49. The molecule has 0 fully saturated rings. The molecule has 0 saturated heterocycles. The van der Waals surface area contributed by atoms with E-state index in [1.807, 2.05) is 0 Å². The molecule has 9 heteroatoms. The lowest BCUT2D eigenvalue weighted by Crippen LogP contribution is -2.26. The number of hydrogen-bond donors (Lipinski definition) is 1. The maximum atomic E-state index is 12.2. The van der Waals surface area contributed by atoms with Gasteiger partial charge in [-0.05, 0) is 24.3 Å². The molecule has 0 atom stereocenters. The Morgan fingerprint density at radius 1 is 1.23 bits per heavy atom. The monoisotopic (exact) mass is 359 g/mol. The highest BCUT2D eigenvalue weighted by Gasteiger charge is 2.20. The van der Waals surface area contributed by atoms with Crippen LogP contribution in [-0.2, 0) is 16.6 Å². The van der Waals surface area contributed by atoms with Crippen molar-refractivity contribution in [2.24, 2.45) is 0 Å². The molecule has 1 aromatic heterocycles. The first-order chi connectivity index (χ1) is 10.3. The summed E-state index contributed by atoms with van der Waals surface area (Å²) in [5.74, 6) is -1.59. The Hall–Kier alpha value is -1.67. The summed E-state index contributed by atoms with van der Waals surface area (Å²) in [6, 6.07) is 6.95. The first-order valence-electron chi connectivity index (χ1n) is 5.91. The number of aromatic nitrogens is 1. The van der Waals surface area contributed by atoms with Crippen LogP contribution >= 0.6 is 23.2 Å². The van der Waals surface area contributed by atoms with Crippen LogP contribution in [-0.4, -0.2) is 19.4 Å². The minimum Gasteiger partial charge on any atom is -0.545 e. The second kappa shape index (κ2) is 6.62. The van der Waals surface area contributed by atoms with Crippen LogP contribution in [0.1, 0.15) is 16.1 Å². The van der Waals surface area contributed by atoms with E-state index < -0.39 is 26.5 Å². The summed E-state index contributed by atoms with van der Waals surface area (Å²) < 4.78 is 26.8. The number of carboxylic acid groups (broad SMARTS) is 1. The van der Waals surface area contributed by atoms with Crippen molar-refractivity contribution in [1.29, 1.82) is 0 Å². The van der Waals surface area contributed by atoms with Crippen LogP contribution in [0.5, 0.6) is 0 Å². The van der Waals surface area contributed by atoms with Gasteiger partial charge in [0.15, 0.2) is 0 Å². The lowest BCUT2D eigenvalue weighted by molar-refractivity contribution is -0.255. The lowest BCUT2D eigenvalue weighted by Gasteiger charge is -2.12. The molecular weight excluding hydrogens is 351 g/mol.